The topological polar surface area (TPSA) is 244 Å². The Morgan fingerprint density at radius 3 is 2.29 bits per heavy atom. The van der Waals surface area contributed by atoms with Gasteiger partial charge in [0.2, 0.25) is 17.7 Å². The number of aromatic nitrogens is 2. The molecule has 0 aromatic carbocycles. The summed E-state index contributed by atoms with van der Waals surface area (Å²) in [4.78, 5) is 60.3. The van der Waals surface area contributed by atoms with Crippen LogP contribution in [0.15, 0.2) is 17.5 Å². The van der Waals surface area contributed by atoms with E-state index in [4.69, 9.17) is 17.2 Å². The third-order valence-corrected chi connectivity index (χ3v) is 5.35. The molecule has 0 aliphatic heterocycles. The second-order valence-electron chi connectivity index (χ2n) is 8.21. The van der Waals surface area contributed by atoms with Crippen molar-refractivity contribution in [3.8, 4) is 0 Å². The van der Waals surface area contributed by atoms with Crippen LogP contribution in [0.5, 0.6) is 0 Å². The first-order valence-corrected chi connectivity index (χ1v) is 11.6. The number of hydrogen-bond donors (Lipinski definition) is 9. The average molecular weight is 514 g/mol. The Labute approximate surface area is 208 Å². The molecular weight excluding hydrogens is 478 g/mol. The van der Waals surface area contributed by atoms with Gasteiger partial charge in [-0.15, -0.1) is 0 Å². The third kappa shape index (κ3) is 10.6. The Morgan fingerprint density at radius 2 is 1.77 bits per heavy atom. The number of nitrogens with one attached hydrogen (secondary N) is 4. The van der Waals surface area contributed by atoms with Crippen molar-refractivity contribution >= 4 is 42.3 Å². The van der Waals surface area contributed by atoms with E-state index in [1.165, 1.54) is 12.5 Å². The zero-order valence-corrected chi connectivity index (χ0v) is 20.6. The normalized spacial score (nSPS) is 14.3. The summed E-state index contributed by atoms with van der Waals surface area (Å²) in [6.07, 6.45) is 3.35. The van der Waals surface area contributed by atoms with Crippen LogP contribution in [0, 0.1) is 5.92 Å². The van der Waals surface area contributed by atoms with Crippen molar-refractivity contribution in [3.05, 3.63) is 18.2 Å². The monoisotopic (exact) mass is 513 g/mol. The van der Waals surface area contributed by atoms with Crippen molar-refractivity contribution in [2.24, 2.45) is 28.1 Å². The molecule has 0 aliphatic carbocycles. The molecule has 0 spiro atoms. The van der Waals surface area contributed by atoms with E-state index in [0.29, 0.717) is 12.1 Å². The highest BCUT2D eigenvalue weighted by Crippen LogP contribution is 2.07. The summed E-state index contributed by atoms with van der Waals surface area (Å²) in [6.45, 7) is 3.61. The number of carboxylic acids is 1. The van der Waals surface area contributed by atoms with Crippen LogP contribution in [0.3, 0.4) is 0 Å². The molecule has 0 aliphatic rings. The number of carbonyl (C=O) groups excluding carboxylic acids is 3. The molecule has 11 N–H and O–H groups in total. The number of guanidine groups is 1. The highest BCUT2D eigenvalue weighted by atomic mass is 32.1. The summed E-state index contributed by atoms with van der Waals surface area (Å²) in [7, 11) is 0. The molecule has 1 rings (SSSR count). The smallest absolute Gasteiger partial charge is 0.326 e. The van der Waals surface area contributed by atoms with Gasteiger partial charge in [-0.1, -0.05) is 13.8 Å². The van der Waals surface area contributed by atoms with E-state index in [9.17, 15) is 24.3 Å². The van der Waals surface area contributed by atoms with Crippen LogP contribution in [-0.4, -0.2) is 81.2 Å². The van der Waals surface area contributed by atoms with Crippen molar-refractivity contribution in [2.45, 2.75) is 57.3 Å². The molecule has 14 nitrogen and oxygen atoms in total. The van der Waals surface area contributed by atoms with Gasteiger partial charge in [0, 0.05) is 30.6 Å². The van der Waals surface area contributed by atoms with E-state index in [2.05, 4.69) is 43.5 Å². The molecule has 35 heavy (non-hydrogen) atoms. The number of nitrogens with zero attached hydrogens (tertiary/aromatic N) is 2. The first-order valence-electron chi connectivity index (χ1n) is 11.0. The van der Waals surface area contributed by atoms with Gasteiger partial charge >= 0.3 is 5.97 Å². The number of rotatable bonds is 15. The number of imidazole rings is 1. The Bertz CT molecular complexity index is 874. The van der Waals surface area contributed by atoms with E-state index in [0.717, 1.165) is 0 Å². The largest absolute Gasteiger partial charge is 0.480 e. The summed E-state index contributed by atoms with van der Waals surface area (Å²) in [5.74, 6) is -3.57. The number of hydrogen-bond acceptors (Lipinski definition) is 8. The lowest BCUT2D eigenvalue weighted by molar-refractivity contribution is -0.142. The quantitative estimate of drug-likeness (QED) is 0.0518. The van der Waals surface area contributed by atoms with Gasteiger partial charge < -0.3 is 43.2 Å². The standard InChI is InChI=1S/C20H35N9O5S/c1-10(2)15(18(32)28-14(19(33)34)6-11-7-24-9-26-11)29-17(31)13(4-3-5-25-20(22)23)27-16(30)12(21)8-35/h7,9-10,12-15,35H,3-6,8,21H2,1-2H3,(H,24,26)(H,27,30)(H,28,32)(H,29,31)(H,33,34)(H4,22,23,25). The third-order valence-electron chi connectivity index (χ3n) is 4.95. The summed E-state index contributed by atoms with van der Waals surface area (Å²) in [6, 6.07) is -4.28. The van der Waals surface area contributed by atoms with E-state index in [1.54, 1.807) is 13.8 Å². The number of amides is 3. The fraction of sp³-hybridized carbons (Fsp3) is 0.600. The predicted molar refractivity (Wildman–Crippen MR) is 132 cm³/mol. The van der Waals surface area contributed by atoms with Crippen LogP contribution in [-0.2, 0) is 25.6 Å². The zero-order chi connectivity index (χ0) is 26.5. The number of aliphatic carboxylic acids is 1. The summed E-state index contributed by atoms with van der Waals surface area (Å²) < 4.78 is 0. The van der Waals surface area contributed by atoms with Gasteiger partial charge in [-0.25, -0.2) is 9.78 Å². The lowest BCUT2D eigenvalue weighted by atomic mass is 10.0. The Hall–Kier alpha value is -3.33. The van der Waals surface area contributed by atoms with Crippen molar-refractivity contribution in [2.75, 3.05) is 12.3 Å². The molecule has 15 heteroatoms. The SMILES string of the molecule is CC(C)C(NC(=O)C(CCCN=C(N)N)NC(=O)C(N)CS)C(=O)NC(Cc1cnc[nH]1)C(=O)O. The summed E-state index contributed by atoms with van der Waals surface area (Å²) in [5, 5.41) is 17.1. The molecule has 1 heterocycles. The molecule has 0 saturated heterocycles. The van der Waals surface area contributed by atoms with E-state index in [1.807, 2.05) is 0 Å². The minimum absolute atomic E-state index is 0.0229. The van der Waals surface area contributed by atoms with Crippen LogP contribution in [0.25, 0.3) is 0 Å². The maximum absolute atomic E-state index is 13.0. The summed E-state index contributed by atoms with van der Waals surface area (Å²) >= 11 is 3.99. The van der Waals surface area contributed by atoms with Gasteiger partial charge in [-0.2, -0.15) is 12.6 Å². The van der Waals surface area contributed by atoms with Gasteiger partial charge in [0.25, 0.3) is 0 Å². The Balaban J connectivity index is 2.94. The van der Waals surface area contributed by atoms with Crippen molar-refractivity contribution in [1.29, 1.82) is 0 Å². The minimum Gasteiger partial charge on any atom is -0.480 e. The molecule has 3 amide bonds. The second-order valence-corrected chi connectivity index (χ2v) is 8.57. The molecule has 1 aromatic heterocycles. The highest BCUT2D eigenvalue weighted by molar-refractivity contribution is 7.80. The summed E-state index contributed by atoms with van der Waals surface area (Å²) in [5.41, 5.74) is 16.8. The number of aromatic amines is 1. The van der Waals surface area contributed by atoms with Gasteiger partial charge in [0.15, 0.2) is 5.96 Å². The van der Waals surface area contributed by atoms with Gasteiger partial charge in [-0.05, 0) is 18.8 Å². The Kier molecular flexibility index (Phi) is 12.6. The first-order chi connectivity index (χ1) is 16.5. The van der Waals surface area contributed by atoms with Crippen LogP contribution in [0.4, 0.5) is 0 Å². The van der Waals surface area contributed by atoms with E-state index in [-0.39, 0.29) is 31.1 Å². The van der Waals surface area contributed by atoms with Crippen LogP contribution in [0.2, 0.25) is 0 Å². The molecule has 196 valence electrons. The van der Waals surface area contributed by atoms with Gasteiger partial charge in [-0.3, -0.25) is 19.4 Å². The molecule has 4 unspecified atom stereocenters. The van der Waals surface area contributed by atoms with E-state index >= 15 is 0 Å². The predicted octanol–water partition coefficient (Wildman–Crippen LogP) is -2.54. The number of carbonyl (C=O) groups is 4. The lowest BCUT2D eigenvalue weighted by Gasteiger charge is -2.27. The van der Waals surface area contributed by atoms with Gasteiger partial charge in [0.05, 0.1) is 12.4 Å². The molecular formula is C20H35N9O5S. The molecule has 1 aromatic rings. The van der Waals surface area contributed by atoms with Crippen molar-refractivity contribution < 1.29 is 24.3 Å². The fourth-order valence-corrected chi connectivity index (χ4v) is 3.17. The number of carboxylic acid groups (broad SMARTS) is 1. The lowest BCUT2D eigenvalue weighted by Crippen LogP contribution is -2.58. The first kappa shape index (κ1) is 29.7. The fourth-order valence-electron chi connectivity index (χ4n) is 3.00. The van der Waals surface area contributed by atoms with Crippen molar-refractivity contribution in [1.82, 2.24) is 25.9 Å². The van der Waals surface area contributed by atoms with Crippen molar-refractivity contribution in [3.63, 3.8) is 0 Å². The average Bonchev–Trinajstić information content (AvgIpc) is 3.30. The number of thiol groups is 1. The molecule has 4 atom stereocenters. The van der Waals surface area contributed by atoms with Gasteiger partial charge in [0.1, 0.15) is 18.1 Å². The van der Waals surface area contributed by atoms with Crippen LogP contribution in [0.1, 0.15) is 32.4 Å². The maximum atomic E-state index is 13.0. The second kappa shape index (κ2) is 14.8. The minimum atomic E-state index is -1.25. The molecule has 0 bridgehead atoms. The molecule has 0 fully saturated rings. The van der Waals surface area contributed by atoms with Crippen LogP contribution < -0.4 is 33.2 Å². The number of H-pyrrole nitrogens is 1. The van der Waals surface area contributed by atoms with E-state index < -0.39 is 53.8 Å². The maximum Gasteiger partial charge on any atom is 0.326 e. The Morgan fingerprint density at radius 1 is 1.11 bits per heavy atom. The number of nitrogens with two attached hydrogens (primary N) is 3. The zero-order valence-electron chi connectivity index (χ0n) is 19.7. The molecule has 0 saturated carbocycles. The molecule has 0 radical (unpaired) electrons. The highest BCUT2D eigenvalue weighted by Gasteiger charge is 2.32. The number of aliphatic imine (C=N–C) groups is 1. The van der Waals surface area contributed by atoms with Crippen LogP contribution >= 0.6 is 12.6 Å².